The van der Waals surface area contributed by atoms with Crippen LogP contribution in [0.25, 0.3) is 0 Å². The fourth-order valence-electron chi connectivity index (χ4n) is 1.44. The highest BCUT2D eigenvalue weighted by atomic mass is 32.2. The highest BCUT2D eigenvalue weighted by Crippen LogP contribution is 2.19. The van der Waals surface area contributed by atoms with Crippen LogP contribution >= 0.6 is 23.5 Å². The van der Waals surface area contributed by atoms with Gasteiger partial charge in [0.15, 0.2) is 5.17 Å². The first-order valence-electron chi connectivity index (χ1n) is 5.56. The van der Waals surface area contributed by atoms with E-state index in [1.807, 2.05) is 23.5 Å². The molecule has 88 valence electrons. The van der Waals surface area contributed by atoms with E-state index in [0.29, 0.717) is 17.9 Å². The number of nitrogens with zero attached hydrogens (tertiary/aromatic N) is 1. The van der Waals surface area contributed by atoms with Gasteiger partial charge in [-0.25, -0.2) is 0 Å². The Morgan fingerprint density at radius 3 is 2.80 bits per heavy atom. The summed E-state index contributed by atoms with van der Waals surface area (Å²) in [6.45, 7) is 7.75. The summed E-state index contributed by atoms with van der Waals surface area (Å²) in [5.41, 5.74) is 0. The van der Waals surface area contributed by atoms with Crippen LogP contribution in [0, 0.1) is 11.8 Å². The van der Waals surface area contributed by atoms with Crippen LogP contribution in [0.15, 0.2) is 4.99 Å². The van der Waals surface area contributed by atoms with Crippen LogP contribution in [0.4, 0.5) is 0 Å². The third kappa shape index (κ3) is 4.68. The zero-order chi connectivity index (χ0) is 11.3. The van der Waals surface area contributed by atoms with Crippen molar-refractivity contribution in [3.8, 4) is 0 Å². The molecule has 0 aliphatic carbocycles. The van der Waals surface area contributed by atoms with E-state index < -0.39 is 0 Å². The molecule has 0 aromatic heterocycles. The molecule has 15 heavy (non-hydrogen) atoms. The van der Waals surface area contributed by atoms with Crippen LogP contribution in [-0.2, 0) is 0 Å². The maximum Gasteiger partial charge on any atom is 0.156 e. The van der Waals surface area contributed by atoms with Crippen molar-refractivity contribution in [3.05, 3.63) is 0 Å². The molecule has 0 spiro atoms. The predicted octanol–water partition coefficient (Wildman–Crippen LogP) is 2.70. The highest BCUT2D eigenvalue weighted by Gasteiger charge is 2.22. The van der Waals surface area contributed by atoms with Gasteiger partial charge in [0.05, 0.1) is 0 Å². The van der Waals surface area contributed by atoms with Gasteiger partial charge in [0, 0.05) is 18.3 Å². The van der Waals surface area contributed by atoms with Crippen LogP contribution in [0.5, 0.6) is 0 Å². The van der Waals surface area contributed by atoms with Gasteiger partial charge in [-0.1, -0.05) is 32.5 Å². The number of hydrogen-bond donors (Lipinski definition) is 1. The number of thioether (sulfide) groups is 2. The van der Waals surface area contributed by atoms with Crippen molar-refractivity contribution in [3.63, 3.8) is 0 Å². The van der Waals surface area contributed by atoms with Crippen molar-refractivity contribution < 1.29 is 0 Å². The van der Waals surface area contributed by atoms with Crippen molar-refractivity contribution in [2.45, 2.75) is 26.8 Å². The maximum absolute atomic E-state index is 4.63. The molecule has 1 aliphatic rings. The van der Waals surface area contributed by atoms with Gasteiger partial charge >= 0.3 is 0 Å². The summed E-state index contributed by atoms with van der Waals surface area (Å²) in [5, 5.41) is 4.65. The molecule has 2 nitrogen and oxygen atoms in total. The van der Waals surface area contributed by atoms with Gasteiger partial charge in [-0.05, 0) is 23.8 Å². The van der Waals surface area contributed by atoms with Crippen molar-refractivity contribution >= 4 is 28.7 Å². The minimum Gasteiger partial charge on any atom is -0.361 e. The molecular weight excluding hydrogens is 224 g/mol. The molecule has 1 saturated heterocycles. The summed E-state index contributed by atoms with van der Waals surface area (Å²) >= 11 is 3.77. The smallest absolute Gasteiger partial charge is 0.156 e. The zero-order valence-corrected chi connectivity index (χ0v) is 11.8. The van der Waals surface area contributed by atoms with Gasteiger partial charge < -0.3 is 5.32 Å². The monoisotopic (exact) mass is 246 g/mol. The summed E-state index contributed by atoms with van der Waals surface area (Å²) in [6.07, 6.45) is 2.15. The second-order valence-electron chi connectivity index (χ2n) is 4.51. The summed E-state index contributed by atoms with van der Waals surface area (Å²) in [7, 11) is 0. The van der Waals surface area contributed by atoms with Crippen molar-refractivity contribution in [2.24, 2.45) is 16.8 Å². The van der Waals surface area contributed by atoms with E-state index in [-0.39, 0.29) is 0 Å². The molecule has 1 rings (SSSR count). The number of hydrogen-bond acceptors (Lipinski definition) is 3. The number of aliphatic imine (C=N–C) groups is 1. The quantitative estimate of drug-likeness (QED) is 0.807. The normalized spacial score (nSPS) is 25.9. The van der Waals surface area contributed by atoms with Gasteiger partial charge in [0.25, 0.3) is 0 Å². The number of nitrogens with one attached hydrogen (secondary N) is 1. The molecule has 1 N–H and O–H groups in total. The average molecular weight is 246 g/mol. The lowest BCUT2D eigenvalue weighted by molar-refractivity contribution is 0.502. The summed E-state index contributed by atoms with van der Waals surface area (Å²) in [5.74, 6) is 3.77. The Bertz CT molecular complexity index is 217. The molecule has 0 saturated carbocycles. The first-order valence-corrected chi connectivity index (χ1v) is 7.94. The Morgan fingerprint density at radius 1 is 1.53 bits per heavy atom. The number of amidine groups is 1. The van der Waals surface area contributed by atoms with E-state index in [1.54, 1.807) is 0 Å². The van der Waals surface area contributed by atoms with Gasteiger partial charge in [0.2, 0.25) is 0 Å². The van der Waals surface area contributed by atoms with E-state index >= 15 is 0 Å². The third-order valence-corrected chi connectivity index (χ3v) is 4.46. The van der Waals surface area contributed by atoms with Crippen LogP contribution in [0.1, 0.15) is 20.8 Å². The van der Waals surface area contributed by atoms with Crippen LogP contribution in [0.2, 0.25) is 0 Å². The van der Waals surface area contributed by atoms with Crippen molar-refractivity contribution in [1.82, 2.24) is 5.32 Å². The van der Waals surface area contributed by atoms with E-state index in [1.165, 1.54) is 11.5 Å². The lowest BCUT2D eigenvalue weighted by atomic mass is 10.1. The first-order chi connectivity index (χ1) is 7.13. The van der Waals surface area contributed by atoms with Crippen molar-refractivity contribution in [2.75, 3.05) is 24.3 Å². The SMILES string of the molecule is CSCC(C)CN=C1NC(C(C)C)CS1. The van der Waals surface area contributed by atoms with E-state index in [2.05, 4.69) is 37.3 Å². The van der Waals surface area contributed by atoms with Gasteiger partial charge in [-0.3, -0.25) is 4.99 Å². The second-order valence-corrected chi connectivity index (χ2v) is 6.43. The lowest BCUT2D eigenvalue weighted by Crippen LogP contribution is -2.31. The molecule has 4 heteroatoms. The second kappa shape index (κ2) is 6.69. The minimum absolute atomic E-state index is 0.615. The van der Waals surface area contributed by atoms with Crippen molar-refractivity contribution in [1.29, 1.82) is 0 Å². The van der Waals surface area contributed by atoms with E-state index in [0.717, 1.165) is 11.7 Å². The largest absolute Gasteiger partial charge is 0.361 e. The molecule has 0 amide bonds. The molecule has 0 bridgehead atoms. The van der Waals surface area contributed by atoms with E-state index in [4.69, 9.17) is 0 Å². The molecule has 0 aromatic carbocycles. The molecule has 1 heterocycles. The molecule has 2 atom stereocenters. The Labute approximate surface area is 102 Å². The Kier molecular flexibility index (Phi) is 5.90. The third-order valence-electron chi connectivity index (χ3n) is 2.51. The summed E-state index contributed by atoms with van der Waals surface area (Å²) in [4.78, 5) is 4.63. The van der Waals surface area contributed by atoms with Gasteiger partial charge in [-0.2, -0.15) is 11.8 Å². The van der Waals surface area contributed by atoms with Crippen LogP contribution in [0.3, 0.4) is 0 Å². The van der Waals surface area contributed by atoms with Crippen LogP contribution in [-0.4, -0.2) is 35.5 Å². The maximum atomic E-state index is 4.63. The first kappa shape index (κ1) is 13.2. The summed E-state index contributed by atoms with van der Waals surface area (Å²) in [6, 6.07) is 0.615. The van der Waals surface area contributed by atoms with Gasteiger partial charge in [0.1, 0.15) is 0 Å². The fourth-order valence-corrected chi connectivity index (χ4v) is 3.32. The molecule has 1 aliphatic heterocycles. The molecule has 0 radical (unpaired) electrons. The Hall–Kier alpha value is 0.170. The van der Waals surface area contributed by atoms with Crippen LogP contribution < -0.4 is 5.32 Å². The summed E-state index contributed by atoms with van der Waals surface area (Å²) < 4.78 is 0. The zero-order valence-electron chi connectivity index (χ0n) is 10.1. The van der Waals surface area contributed by atoms with Gasteiger partial charge in [-0.15, -0.1) is 0 Å². The molecular formula is C11H22N2S2. The highest BCUT2D eigenvalue weighted by molar-refractivity contribution is 8.14. The molecule has 2 unspecified atom stereocenters. The topological polar surface area (TPSA) is 24.4 Å². The standard InChI is InChI=1S/C11H22N2S2/c1-8(2)10-7-15-11(13-10)12-5-9(3)6-14-4/h8-10H,5-7H2,1-4H3,(H,12,13). The molecule has 0 aromatic rings. The average Bonchev–Trinajstić information content (AvgIpc) is 2.63. The predicted molar refractivity (Wildman–Crippen MR) is 74.1 cm³/mol. The minimum atomic E-state index is 0.615. The van der Waals surface area contributed by atoms with E-state index in [9.17, 15) is 0 Å². The lowest BCUT2D eigenvalue weighted by Gasteiger charge is -2.13. The molecule has 1 fully saturated rings. The Balaban J connectivity index is 2.30. The number of rotatable bonds is 5. The fraction of sp³-hybridized carbons (Fsp3) is 0.909. The Morgan fingerprint density at radius 2 is 2.27 bits per heavy atom.